The van der Waals surface area contributed by atoms with Gasteiger partial charge in [0.15, 0.2) is 11.5 Å². The van der Waals surface area contributed by atoms with Gasteiger partial charge < -0.3 is 20.1 Å². The van der Waals surface area contributed by atoms with E-state index in [1.807, 2.05) is 0 Å². The minimum atomic E-state index is -0.368. The fraction of sp³-hybridized carbons (Fsp3) is 0.718. The number of rotatable bonds is 3. The summed E-state index contributed by atoms with van der Waals surface area (Å²) < 4.78 is 6.16. The molecule has 0 amide bonds. The third-order valence-corrected chi connectivity index (χ3v) is 14.8. The van der Waals surface area contributed by atoms with E-state index in [1.54, 1.807) is 17.7 Å². The summed E-state index contributed by atoms with van der Waals surface area (Å²) in [7, 11) is 0. The zero-order chi connectivity index (χ0) is 32.1. The number of aliphatic hydroxyl groups excluding tert-OH is 1. The second-order valence-electron chi connectivity index (χ2n) is 17.8. The van der Waals surface area contributed by atoms with E-state index in [4.69, 9.17) is 4.74 Å². The Morgan fingerprint density at radius 2 is 1.59 bits per heavy atom. The standard InChI is InChI=1S/C39H56O5/c1-34(2)19-20-36(5)26(22-34)25-11-13-30-37(6)17-16-32(44-33(43)14-10-24-9-12-27(40)28(41)21-24)35(3,4)29(37)15-18-38(30,7)39(25,8)23-31(36)42/h9-12,14,21,26,29-32,40-42H,13,15-20,22-23H2,1-8H3. The summed E-state index contributed by atoms with van der Waals surface area (Å²) in [6, 6.07) is 4.49. The number of ether oxygens (including phenoxy) is 1. The van der Waals surface area contributed by atoms with Gasteiger partial charge >= 0.3 is 5.97 Å². The topological polar surface area (TPSA) is 87.0 Å². The van der Waals surface area contributed by atoms with Crippen molar-refractivity contribution >= 4 is 12.0 Å². The van der Waals surface area contributed by atoms with Crippen LogP contribution in [0.25, 0.3) is 6.08 Å². The number of esters is 1. The monoisotopic (exact) mass is 604 g/mol. The maximum Gasteiger partial charge on any atom is 0.331 e. The maximum absolute atomic E-state index is 13.0. The molecule has 3 N–H and O–H groups in total. The molecule has 4 fully saturated rings. The minimum Gasteiger partial charge on any atom is -0.504 e. The van der Waals surface area contributed by atoms with E-state index < -0.39 is 0 Å². The van der Waals surface area contributed by atoms with Crippen LogP contribution in [0.2, 0.25) is 0 Å². The lowest BCUT2D eigenvalue weighted by Crippen LogP contribution is -2.66. The molecule has 5 nitrogen and oxygen atoms in total. The lowest BCUT2D eigenvalue weighted by molar-refractivity contribution is -0.219. The summed E-state index contributed by atoms with van der Waals surface area (Å²) in [5.41, 5.74) is 2.64. The number of carbonyl (C=O) groups is 1. The van der Waals surface area contributed by atoms with Crippen molar-refractivity contribution in [1.29, 1.82) is 0 Å². The number of hydrogen-bond acceptors (Lipinski definition) is 5. The highest BCUT2D eigenvalue weighted by molar-refractivity contribution is 5.87. The normalized spacial score (nSPS) is 44.0. The molecule has 1 aromatic rings. The lowest BCUT2D eigenvalue weighted by Gasteiger charge is -2.72. The molecule has 0 bridgehead atoms. The minimum absolute atomic E-state index is 0.0121. The molecular formula is C39H56O5. The first kappa shape index (κ1) is 31.7. The maximum atomic E-state index is 13.0. The van der Waals surface area contributed by atoms with Crippen molar-refractivity contribution in [2.45, 2.75) is 125 Å². The largest absolute Gasteiger partial charge is 0.504 e. The number of carbonyl (C=O) groups excluding carboxylic acids is 1. The molecule has 242 valence electrons. The molecule has 0 spiro atoms. The molecule has 44 heavy (non-hydrogen) atoms. The predicted octanol–water partition coefficient (Wildman–Crippen LogP) is 8.82. The summed E-state index contributed by atoms with van der Waals surface area (Å²) in [5, 5.41) is 31.2. The SMILES string of the molecule is CC1(C)CCC2(C)C(O)CC3(C)C(=CCC4C5(C)CCC(OC(=O)C=Cc6ccc(O)c(O)c6)C(C)(C)C5CCC43C)C2C1. The molecule has 0 aliphatic heterocycles. The Hall–Kier alpha value is -2.27. The summed E-state index contributed by atoms with van der Waals surface area (Å²) >= 11 is 0. The van der Waals surface area contributed by atoms with Crippen molar-refractivity contribution in [3.8, 4) is 11.5 Å². The van der Waals surface area contributed by atoms with Crippen LogP contribution in [0.15, 0.2) is 35.9 Å². The fourth-order valence-corrected chi connectivity index (χ4v) is 11.7. The average Bonchev–Trinajstić information content (AvgIpc) is 2.93. The fourth-order valence-electron chi connectivity index (χ4n) is 11.7. The van der Waals surface area contributed by atoms with E-state index in [-0.39, 0.29) is 56.8 Å². The van der Waals surface area contributed by atoms with Crippen LogP contribution in [0.1, 0.15) is 119 Å². The van der Waals surface area contributed by atoms with Crippen molar-refractivity contribution in [2.24, 2.45) is 50.2 Å². The van der Waals surface area contributed by atoms with Gasteiger partial charge in [0, 0.05) is 16.9 Å². The van der Waals surface area contributed by atoms with E-state index in [0.29, 0.717) is 28.7 Å². The molecule has 5 heteroatoms. The average molecular weight is 605 g/mol. The number of phenols is 2. The van der Waals surface area contributed by atoms with Gasteiger partial charge in [-0.05, 0) is 121 Å². The number of phenolic OH excluding ortho intramolecular Hbond substituents is 2. The molecular weight excluding hydrogens is 548 g/mol. The van der Waals surface area contributed by atoms with Gasteiger partial charge in [-0.2, -0.15) is 0 Å². The van der Waals surface area contributed by atoms with Gasteiger partial charge in [-0.25, -0.2) is 4.79 Å². The Balaban J connectivity index is 1.25. The van der Waals surface area contributed by atoms with Crippen LogP contribution in [-0.4, -0.2) is 33.5 Å². The van der Waals surface area contributed by atoms with E-state index in [2.05, 4.69) is 61.5 Å². The van der Waals surface area contributed by atoms with Gasteiger partial charge in [-0.15, -0.1) is 0 Å². The number of benzene rings is 1. The number of aromatic hydroxyl groups is 2. The number of hydrogen-bond donors (Lipinski definition) is 3. The Morgan fingerprint density at radius 3 is 2.30 bits per heavy atom. The number of aliphatic hydroxyl groups is 1. The molecule has 0 radical (unpaired) electrons. The van der Waals surface area contributed by atoms with Gasteiger partial charge in [-0.1, -0.05) is 73.1 Å². The van der Waals surface area contributed by atoms with Crippen LogP contribution in [0.3, 0.4) is 0 Å². The van der Waals surface area contributed by atoms with E-state index >= 15 is 0 Å². The predicted molar refractivity (Wildman–Crippen MR) is 175 cm³/mol. The van der Waals surface area contributed by atoms with Crippen LogP contribution >= 0.6 is 0 Å². The molecule has 0 heterocycles. The Labute approximate surface area is 265 Å². The summed E-state index contributed by atoms with van der Waals surface area (Å²) in [5.74, 6) is 0.642. The van der Waals surface area contributed by atoms with Crippen molar-refractivity contribution < 1.29 is 24.9 Å². The molecule has 0 saturated heterocycles. The van der Waals surface area contributed by atoms with Gasteiger partial charge in [0.2, 0.25) is 0 Å². The summed E-state index contributed by atoms with van der Waals surface area (Å²) in [6.07, 6.45) is 14.9. The van der Waals surface area contributed by atoms with Crippen molar-refractivity contribution in [2.75, 3.05) is 0 Å². The smallest absolute Gasteiger partial charge is 0.331 e. The van der Waals surface area contributed by atoms with Crippen LogP contribution in [0, 0.1) is 50.2 Å². The first-order chi connectivity index (χ1) is 20.4. The van der Waals surface area contributed by atoms with Gasteiger partial charge in [0.05, 0.1) is 6.10 Å². The molecule has 5 aliphatic rings. The Bertz CT molecular complexity index is 1390. The van der Waals surface area contributed by atoms with Gasteiger partial charge in [-0.3, -0.25) is 0 Å². The molecule has 1 aromatic carbocycles. The summed E-state index contributed by atoms with van der Waals surface area (Å²) in [6.45, 7) is 19.5. The van der Waals surface area contributed by atoms with E-state index in [9.17, 15) is 20.1 Å². The zero-order valence-corrected chi connectivity index (χ0v) is 28.4. The van der Waals surface area contributed by atoms with E-state index in [1.165, 1.54) is 31.1 Å². The van der Waals surface area contributed by atoms with E-state index in [0.717, 1.165) is 44.9 Å². The van der Waals surface area contributed by atoms with Gasteiger partial charge in [0.1, 0.15) is 6.10 Å². The van der Waals surface area contributed by atoms with Crippen molar-refractivity contribution in [3.05, 3.63) is 41.5 Å². The Morgan fingerprint density at radius 1 is 0.864 bits per heavy atom. The first-order valence-electron chi connectivity index (χ1n) is 17.2. The van der Waals surface area contributed by atoms with Crippen LogP contribution in [0.5, 0.6) is 11.5 Å². The molecule has 4 saturated carbocycles. The second-order valence-corrected chi connectivity index (χ2v) is 17.8. The highest BCUT2D eigenvalue weighted by atomic mass is 16.5. The second kappa shape index (κ2) is 10.1. The highest BCUT2D eigenvalue weighted by Gasteiger charge is 2.69. The highest BCUT2D eigenvalue weighted by Crippen LogP contribution is 2.75. The molecule has 6 rings (SSSR count). The number of fused-ring (bicyclic) bond motifs is 7. The number of allylic oxidation sites excluding steroid dienone is 2. The summed E-state index contributed by atoms with van der Waals surface area (Å²) in [4.78, 5) is 13.0. The molecule has 0 aromatic heterocycles. The lowest BCUT2D eigenvalue weighted by atomic mass is 9.33. The molecule has 9 unspecified atom stereocenters. The van der Waals surface area contributed by atoms with Crippen molar-refractivity contribution in [1.82, 2.24) is 0 Å². The van der Waals surface area contributed by atoms with Crippen LogP contribution < -0.4 is 0 Å². The van der Waals surface area contributed by atoms with Crippen molar-refractivity contribution in [3.63, 3.8) is 0 Å². The Kier molecular flexibility index (Phi) is 7.29. The third-order valence-electron chi connectivity index (χ3n) is 14.8. The molecule has 9 atom stereocenters. The zero-order valence-electron chi connectivity index (χ0n) is 28.4. The third kappa shape index (κ3) is 4.53. The van der Waals surface area contributed by atoms with Crippen LogP contribution in [0.4, 0.5) is 0 Å². The molecule has 5 aliphatic carbocycles. The first-order valence-corrected chi connectivity index (χ1v) is 17.2. The quantitative estimate of drug-likeness (QED) is 0.139. The van der Waals surface area contributed by atoms with Crippen LogP contribution in [-0.2, 0) is 9.53 Å². The van der Waals surface area contributed by atoms with Gasteiger partial charge in [0.25, 0.3) is 0 Å².